The highest BCUT2D eigenvalue weighted by Crippen LogP contribution is 2.43. The third-order valence-corrected chi connectivity index (χ3v) is 7.16. The number of anilines is 2. The van der Waals surface area contributed by atoms with E-state index in [0.717, 1.165) is 69.4 Å². The van der Waals surface area contributed by atoms with Crippen LogP contribution in [0.4, 0.5) is 16.3 Å². The maximum atomic E-state index is 13.5. The average Bonchev–Trinajstić information content (AvgIpc) is 3.06. The Morgan fingerprint density at radius 3 is 2.77 bits per heavy atom. The molecule has 31 heavy (non-hydrogen) atoms. The van der Waals surface area contributed by atoms with Crippen LogP contribution >= 0.6 is 0 Å². The van der Waals surface area contributed by atoms with E-state index in [1.54, 1.807) is 13.1 Å². The second-order valence-corrected chi connectivity index (χ2v) is 9.22. The number of aryl methyl sites for hydroxylation is 1. The van der Waals surface area contributed by atoms with Crippen LogP contribution in [-0.2, 0) is 9.53 Å². The molecule has 3 heterocycles. The zero-order valence-corrected chi connectivity index (χ0v) is 18.6. The second kappa shape index (κ2) is 9.02. The predicted octanol–water partition coefficient (Wildman–Crippen LogP) is 3.08. The van der Waals surface area contributed by atoms with E-state index in [4.69, 9.17) is 4.74 Å². The number of aliphatic hydroxyl groups excluding tert-OH is 1. The molecule has 2 amide bonds. The van der Waals surface area contributed by atoms with Crippen LogP contribution in [0.3, 0.4) is 0 Å². The average molecular weight is 431 g/mol. The van der Waals surface area contributed by atoms with Crippen LogP contribution in [0.5, 0.6) is 0 Å². The number of hydrogen-bond acceptors (Lipinski definition) is 6. The lowest BCUT2D eigenvalue weighted by atomic mass is 9.78. The molecule has 0 aromatic carbocycles. The number of piperidine rings is 1. The van der Waals surface area contributed by atoms with Crippen molar-refractivity contribution in [3.63, 3.8) is 0 Å². The summed E-state index contributed by atoms with van der Waals surface area (Å²) in [6, 6.07) is 2.25. The molecule has 1 atom stereocenters. The molecule has 1 spiro atoms. The molecule has 0 radical (unpaired) electrons. The minimum atomic E-state index is -0.482. The van der Waals surface area contributed by atoms with Gasteiger partial charge in [0.2, 0.25) is 5.91 Å². The highest BCUT2D eigenvalue weighted by molar-refractivity contribution is 5.87. The SMILES string of the molecule is CCOC(=O)Nc1cnc(N2CCC[C@@]3(CCN(C4CCC(O)CC4)C3=O)C2)cc1C. The topological polar surface area (TPSA) is 95.0 Å². The van der Waals surface area contributed by atoms with Crippen molar-refractivity contribution in [2.75, 3.05) is 36.5 Å². The normalized spacial score (nSPS) is 28.8. The quantitative estimate of drug-likeness (QED) is 0.762. The molecule has 2 aliphatic heterocycles. The van der Waals surface area contributed by atoms with Gasteiger partial charge in [0, 0.05) is 25.7 Å². The van der Waals surface area contributed by atoms with Gasteiger partial charge in [0.15, 0.2) is 0 Å². The number of pyridine rings is 1. The summed E-state index contributed by atoms with van der Waals surface area (Å²) in [5.41, 5.74) is 1.22. The van der Waals surface area contributed by atoms with Crippen molar-refractivity contribution >= 4 is 23.5 Å². The maximum Gasteiger partial charge on any atom is 0.411 e. The number of amides is 2. The first-order chi connectivity index (χ1) is 14.9. The van der Waals surface area contributed by atoms with Crippen LogP contribution in [0, 0.1) is 12.3 Å². The lowest BCUT2D eigenvalue weighted by molar-refractivity contribution is -0.139. The summed E-state index contributed by atoms with van der Waals surface area (Å²) in [4.78, 5) is 34.1. The molecule has 1 aromatic heterocycles. The van der Waals surface area contributed by atoms with Gasteiger partial charge >= 0.3 is 6.09 Å². The van der Waals surface area contributed by atoms with Crippen molar-refractivity contribution in [2.24, 2.45) is 5.41 Å². The van der Waals surface area contributed by atoms with Crippen LogP contribution in [0.15, 0.2) is 12.3 Å². The van der Waals surface area contributed by atoms with Crippen LogP contribution < -0.4 is 10.2 Å². The van der Waals surface area contributed by atoms with E-state index in [1.165, 1.54) is 0 Å². The van der Waals surface area contributed by atoms with E-state index in [2.05, 4.69) is 20.1 Å². The Labute approximate surface area is 184 Å². The number of carbonyl (C=O) groups is 2. The van der Waals surface area contributed by atoms with Crippen LogP contribution in [0.2, 0.25) is 0 Å². The van der Waals surface area contributed by atoms with Crippen LogP contribution in [0.25, 0.3) is 0 Å². The molecule has 2 N–H and O–H groups in total. The third-order valence-electron chi connectivity index (χ3n) is 7.16. The zero-order chi connectivity index (χ0) is 22.0. The summed E-state index contributed by atoms with van der Waals surface area (Å²) in [7, 11) is 0. The fourth-order valence-corrected chi connectivity index (χ4v) is 5.39. The summed E-state index contributed by atoms with van der Waals surface area (Å²) in [5, 5.41) is 12.5. The van der Waals surface area contributed by atoms with Gasteiger partial charge in [-0.1, -0.05) is 0 Å². The van der Waals surface area contributed by atoms with Gasteiger partial charge < -0.3 is 19.6 Å². The Balaban J connectivity index is 1.44. The van der Waals surface area contributed by atoms with Crippen molar-refractivity contribution in [2.45, 2.75) is 70.9 Å². The largest absolute Gasteiger partial charge is 0.450 e. The Morgan fingerprint density at radius 2 is 2.06 bits per heavy atom. The number of hydrogen-bond donors (Lipinski definition) is 2. The van der Waals surface area contributed by atoms with Gasteiger partial charge in [0.05, 0.1) is 30.0 Å². The van der Waals surface area contributed by atoms with E-state index < -0.39 is 6.09 Å². The number of aromatic nitrogens is 1. The molecule has 4 rings (SSSR count). The second-order valence-electron chi connectivity index (χ2n) is 9.22. The fourth-order valence-electron chi connectivity index (χ4n) is 5.39. The molecule has 1 saturated carbocycles. The smallest absolute Gasteiger partial charge is 0.411 e. The molecule has 1 aromatic rings. The molecular weight excluding hydrogens is 396 g/mol. The number of rotatable bonds is 4. The Bertz CT molecular complexity index is 824. The minimum Gasteiger partial charge on any atom is -0.450 e. The number of carbonyl (C=O) groups excluding carboxylic acids is 2. The van der Waals surface area contributed by atoms with E-state index in [9.17, 15) is 14.7 Å². The van der Waals surface area contributed by atoms with Crippen molar-refractivity contribution in [3.8, 4) is 0 Å². The summed E-state index contributed by atoms with van der Waals surface area (Å²) >= 11 is 0. The van der Waals surface area contributed by atoms with Gasteiger partial charge in [-0.2, -0.15) is 0 Å². The molecule has 8 heteroatoms. The summed E-state index contributed by atoms with van der Waals surface area (Å²) in [5.74, 6) is 1.13. The van der Waals surface area contributed by atoms with E-state index >= 15 is 0 Å². The third kappa shape index (κ3) is 4.49. The molecule has 170 valence electrons. The molecule has 8 nitrogen and oxygen atoms in total. The highest BCUT2D eigenvalue weighted by atomic mass is 16.5. The first kappa shape index (κ1) is 21.9. The van der Waals surface area contributed by atoms with Crippen LogP contribution in [0.1, 0.15) is 57.4 Å². The molecule has 3 fully saturated rings. The molecular formula is C23H34N4O4. The van der Waals surface area contributed by atoms with E-state index in [0.29, 0.717) is 18.8 Å². The van der Waals surface area contributed by atoms with Gasteiger partial charge in [-0.05, 0) is 70.4 Å². The summed E-state index contributed by atoms with van der Waals surface area (Å²) in [6.07, 6.45) is 7.16. The van der Waals surface area contributed by atoms with Crippen molar-refractivity contribution in [1.82, 2.24) is 9.88 Å². The first-order valence-electron chi connectivity index (χ1n) is 11.6. The molecule has 1 aliphatic carbocycles. The summed E-state index contributed by atoms with van der Waals surface area (Å²) in [6.45, 7) is 6.41. The number of nitrogens with zero attached hydrogens (tertiary/aromatic N) is 3. The van der Waals surface area contributed by atoms with Gasteiger partial charge in [0.1, 0.15) is 5.82 Å². The first-order valence-corrected chi connectivity index (χ1v) is 11.6. The number of likely N-dealkylation sites (tertiary alicyclic amines) is 1. The van der Waals surface area contributed by atoms with Gasteiger partial charge in [0.25, 0.3) is 0 Å². The maximum absolute atomic E-state index is 13.5. The van der Waals surface area contributed by atoms with Crippen molar-refractivity contribution in [3.05, 3.63) is 17.8 Å². The fraction of sp³-hybridized carbons (Fsp3) is 0.696. The van der Waals surface area contributed by atoms with E-state index in [1.807, 2.05) is 13.0 Å². The zero-order valence-electron chi connectivity index (χ0n) is 18.6. The van der Waals surface area contributed by atoms with Crippen molar-refractivity contribution < 1.29 is 19.4 Å². The lowest BCUT2D eigenvalue weighted by Gasteiger charge is -2.41. The highest BCUT2D eigenvalue weighted by Gasteiger charge is 2.50. The number of ether oxygens (including phenoxy) is 1. The molecule has 0 unspecified atom stereocenters. The lowest BCUT2D eigenvalue weighted by Crippen LogP contribution is -2.50. The standard InChI is InChI=1S/C23H34N4O4/c1-3-31-22(30)25-19-14-24-20(13-16(19)2)26-11-4-9-23(15-26)10-12-27(21(23)29)17-5-7-18(28)8-6-17/h13-14,17-18,28H,3-12,15H2,1-2H3,(H,25,30)/t17?,18?,23-/m1/s1. The Morgan fingerprint density at radius 1 is 1.29 bits per heavy atom. The summed E-state index contributed by atoms with van der Waals surface area (Å²) < 4.78 is 4.94. The van der Waals surface area contributed by atoms with Crippen LogP contribution in [-0.4, -0.2) is 65.4 Å². The van der Waals surface area contributed by atoms with Gasteiger partial charge in [-0.25, -0.2) is 9.78 Å². The number of nitrogens with one attached hydrogen (secondary N) is 1. The predicted molar refractivity (Wildman–Crippen MR) is 118 cm³/mol. The Hall–Kier alpha value is -2.35. The van der Waals surface area contributed by atoms with Gasteiger partial charge in [-0.15, -0.1) is 0 Å². The monoisotopic (exact) mass is 430 g/mol. The number of aliphatic hydroxyl groups is 1. The van der Waals surface area contributed by atoms with E-state index in [-0.39, 0.29) is 23.5 Å². The molecule has 2 saturated heterocycles. The molecule has 0 bridgehead atoms. The van der Waals surface area contributed by atoms with Gasteiger partial charge in [-0.3, -0.25) is 10.1 Å². The molecule has 3 aliphatic rings. The van der Waals surface area contributed by atoms with Crippen molar-refractivity contribution in [1.29, 1.82) is 0 Å². The Kier molecular flexibility index (Phi) is 6.36. The minimum absolute atomic E-state index is 0.205.